The number of hydrogen-bond acceptors (Lipinski definition) is 4. The summed E-state index contributed by atoms with van der Waals surface area (Å²) in [5.74, 6) is 4.08. The van der Waals surface area contributed by atoms with Gasteiger partial charge in [0.2, 0.25) is 0 Å². The Labute approximate surface area is 170 Å². The first kappa shape index (κ1) is 19.1. The first-order valence-corrected chi connectivity index (χ1v) is 11.8. The van der Waals surface area contributed by atoms with E-state index in [1.54, 1.807) is 0 Å². The molecule has 0 spiro atoms. The molecule has 4 aliphatic carbocycles. The number of rotatable bonds is 3. The van der Waals surface area contributed by atoms with Crippen LogP contribution in [0.15, 0.2) is 11.8 Å². The lowest BCUT2D eigenvalue weighted by molar-refractivity contribution is -0.141. The van der Waals surface area contributed by atoms with Crippen LogP contribution in [0.1, 0.15) is 72.1 Å². The van der Waals surface area contributed by atoms with Gasteiger partial charge in [0.1, 0.15) is 5.78 Å². The van der Waals surface area contributed by atoms with Gasteiger partial charge in [0.15, 0.2) is 0 Å². The standard InChI is InChI=1S/C24H38N2O2/c1-15-12-16-13-17(26-28-18-8-11-25-14-18)6-9-23(16,2)20-7-10-24(3)19(22(15)20)4-5-21(24)27/h13,15-16,18-20,22,25-26H,4-12,14H2,1-3H3/t15-,16?,18?,19+,20+,22+,23+,24+/m1/s1. The average molecular weight is 387 g/mol. The summed E-state index contributed by atoms with van der Waals surface area (Å²) in [5, 5.41) is 3.36. The van der Waals surface area contributed by atoms with Crippen molar-refractivity contribution >= 4 is 5.78 Å². The largest absolute Gasteiger partial charge is 0.314 e. The van der Waals surface area contributed by atoms with Crippen LogP contribution in [-0.2, 0) is 9.63 Å². The second-order valence-electron chi connectivity index (χ2n) is 11.1. The second kappa shape index (κ2) is 6.84. The normalized spacial score (nSPS) is 50.5. The molecule has 1 heterocycles. The molecule has 2 unspecified atom stereocenters. The van der Waals surface area contributed by atoms with Crippen LogP contribution < -0.4 is 10.8 Å². The van der Waals surface area contributed by atoms with E-state index in [0.717, 1.165) is 57.0 Å². The Hall–Kier alpha value is -0.870. The van der Waals surface area contributed by atoms with Crippen molar-refractivity contribution in [2.45, 2.75) is 78.2 Å². The van der Waals surface area contributed by atoms with Crippen LogP contribution in [0.5, 0.6) is 0 Å². The Morgan fingerprint density at radius 3 is 2.79 bits per heavy atom. The maximum absolute atomic E-state index is 12.7. The van der Waals surface area contributed by atoms with Gasteiger partial charge >= 0.3 is 0 Å². The Bertz CT molecular complexity index is 670. The molecule has 2 N–H and O–H groups in total. The molecule has 4 heteroatoms. The first-order valence-electron chi connectivity index (χ1n) is 11.8. The Kier molecular flexibility index (Phi) is 4.67. The van der Waals surface area contributed by atoms with Gasteiger partial charge < -0.3 is 5.32 Å². The molecular formula is C24H38N2O2. The molecular weight excluding hydrogens is 348 g/mol. The van der Waals surface area contributed by atoms with Gasteiger partial charge in [-0.05, 0) is 86.5 Å². The zero-order valence-corrected chi connectivity index (χ0v) is 17.9. The van der Waals surface area contributed by atoms with Crippen molar-refractivity contribution in [1.29, 1.82) is 0 Å². The third-order valence-corrected chi connectivity index (χ3v) is 9.73. The van der Waals surface area contributed by atoms with E-state index in [1.165, 1.54) is 25.0 Å². The summed E-state index contributed by atoms with van der Waals surface area (Å²) < 4.78 is 0. The maximum Gasteiger partial charge on any atom is 0.139 e. The number of hydrogen-bond donors (Lipinski definition) is 2. The summed E-state index contributed by atoms with van der Waals surface area (Å²) in [6, 6.07) is 0. The molecule has 0 radical (unpaired) electrons. The molecule has 1 saturated heterocycles. The fraction of sp³-hybridized carbons (Fsp3) is 0.875. The van der Waals surface area contributed by atoms with Gasteiger partial charge in [0.05, 0.1) is 6.10 Å². The number of ketones is 1. The Morgan fingerprint density at radius 1 is 1.14 bits per heavy atom. The summed E-state index contributed by atoms with van der Waals surface area (Å²) in [6.45, 7) is 9.36. The van der Waals surface area contributed by atoms with Gasteiger partial charge in [-0.1, -0.05) is 26.8 Å². The predicted octanol–water partition coefficient (Wildman–Crippen LogP) is 4.22. The highest BCUT2D eigenvalue weighted by atomic mass is 16.7. The molecule has 1 aliphatic heterocycles. The van der Waals surface area contributed by atoms with Crippen molar-refractivity contribution in [2.75, 3.05) is 13.1 Å². The zero-order valence-electron chi connectivity index (χ0n) is 17.9. The van der Waals surface area contributed by atoms with E-state index >= 15 is 0 Å². The monoisotopic (exact) mass is 386 g/mol. The van der Waals surface area contributed by atoms with Crippen LogP contribution in [0.25, 0.3) is 0 Å². The highest BCUT2D eigenvalue weighted by molar-refractivity contribution is 5.87. The lowest BCUT2D eigenvalue weighted by Gasteiger charge is -2.61. The van der Waals surface area contributed by atoms with Crippen molar-refractivity contribution in [3.63, 3.8) is 0 Å². The number of fused-ring (bicyclic) bond motifs is 5. The molecule has 3 saturated carbocycles. The summed E-state index contributed by atoms with van der Waals surface area (Å²) in [6.07, 6.45) is 11.9. The van der Waals surface area contributed by atoms with Crippen LogP contribution in [0.4, 0.5) is 0 Å². The Morgan fingerprint density at radius 2 is 2.00 bits per heavy atom. The molecule has 5 aliphatic rings. The van der Waals surface area contributed by atoms with Gasteiger partial charge in [-0.3, -0.25) is 15.1 Å². The molecule has 0 aromatic heterocycles. The minimum atomic E-state index is -0.0149. The number of carbonyl (C=O) groups is 1. The number of Topliss-reactive ketones (excluding diaryl/α,β-unsaturated/α-hetero) is 1. The number of carbonyl (C=O) groups excluding carboxylic acids is 1. The van der Waals surface area contributed by atoms with Gasteiger partial charge in [-0.25, -0.2) is 0 Å². The zero-order chi connectivity index (χ0) is 19.5. The molecule has 0 aromatic carbocycles. The first-order chi connectivity index (χ1) is 13.4. The molecule has 4 nitrogen and oxygen atoms in total. The van der Waals surface area contributed by atoms with Crippen LogP contribution >= 0.6 is 0 Å². The maximum atomic E-state index is 12.7. The minimum absolute atomic E-state index is 0.0149. The lowest BCUT2D eigenvalue weighted by atomic mass is 9.44. The molecule has 0 amide bonds. The second-order valence-corrected chi connectivity index (χ2v) is 11.1. The number of allylic oxidation sites excluding steroid dienone is 2. The van der Waals surface area contributed by atoms with Crippen LogP contribution in [0.3, 0.4) is 0 Å². The highest BCUT2D eigenvalue weighted by Gasteiger charge is 2.61. The van der Waals surface area contributed by atoms with Crippen molar-refractivity contribution in [3.8, 4) is 0 Å². The van der Waals surface area contributed by atoms with Crippen molar-refractivity contribution in [1.82, 2.24) is 10.8 Å². The van der Waals surface area contributed by atoms with Crippen LogP contribution in [0.2, 0.25) is 0 Å². The van der Waals surface area contributed by atoms with Gasteiger partial charge in [0, 0.05) is 24.1 Å². The van der Waals surface area contributed by atoms with Gasteiger partial charge in [0.25, 0.3) is 0 Å². The van der Waals surface area contributed by atoms with E-state index in [9.17, 15) is 4.79 Å². The van der Waals surface area contributed by atoms with Gasteiger partial charge in [-0.2, -0.15) is 0 Å². The number of hydroxylamine groups is 1. The summed E-state index contributed by atoms with van der Waals surface area (Å²) >= 11 is 0. The average Bonchev–Trinajstić information content (AvgIpc) is 3.29. The predicted molar refractivity (Wildman–Crippen MR) is 110 cm³/mol. The van der Waals surface area contributed by atoms with Crippen molar-refractivity contribution < 1.29 is 9.63 Å². The SMILES string of the molecule is C[C@@H]1CC2C=C(NOC3CCNC3)CC[C@]2(C)[C@H]2CC[C@]3(C)C(=O)CC[C@H]3[C@H]12. The van der Waals surface area contributed by atoms with Gasteiger partial charge in [-0.15, -0.1) is 0 Å². The molecule has 8 atom stereocenters. The highest BCUT2D eigenvalue weighted by Crippen LogP contribution is 2.66. The molecule has 28 heavy (non-hydrogen) atoms. The number of nitrogens with one attached hydrogen (secondary N) is 2. The Balaban J connectivity index is 1.34. The van der Waals surface area contributed by atoms with Crippen molar-refractivity contribution in [3.05, 3.63) is 11.8 Å². The molecule has 156 valence electrons. The molecule has 0 bridgehead atoms. The third-order valence-electron chi connectivity index (χ3n) is 9.73. The quantitative estimate of drug-likeness (QED) is 0.713. The fourth-order valence-corrected chi connectivity index (χ4v) is 7.96. The smallest absolute Gasteiger partial charge is 0.139 e. The van der Waals surface area contributed by atoms with E-state index in [1.807, 2.05) is 0 Å². The molecule has 5 rings (SSSR count). The lowest BCUT2D eigenvalue weighted by Crippen LogP contribution is -2.55. The third kappa shape index (κ3) is 2.81. The van der Waals surface area contributed by atoms with E-state index in [4.69, 9.17) is 4.84 Å². The van der Waals surface area contributed by atoms with E-state index in [0.29, 0.717) is 35.1 Å². The summed E-state index contributed by atoms with van der Waals surface area (Å²) in [5.41, 5.74) is 5.01. The molecule has 4 fully saturated rings. The van der Waals surface area contributed by atoms with Crippen molar-refractivity contribution in [2.24, 2.45) is 40.4 Å². The van der Waals surface area contributed by atoms with Crippen LogP contribution in [-0.4, -0.2) is 25.0 Å². The summed E-state index contributed by atoms with van der Waals surface area (Å²) in [7, 11) is 0. The van der Waals surface area contributed by atoms with E-state index < -0.39 is 0 Å². The topological polar surface area (TPSA) is 50.4 Å². The molecule has 0 aromatic rings. The fourth-order valence-electron chi connectivity index (χ4n) is 7.96. The van der Waals surface area contributed by atoms with E-state index in [-0.39, 0.29) is 5.41 Å². The van der Waals surface area contributed by atoms with Crippen LogP contribution in [0, 0.1) is 40.4 Å². The van der Waals surface area contributed by atoms with E-state index in [2.05, 4.69) is 37.6 Å². The minimum Gasteiger partial charge on any atom is -0.314 e. The summed E-state index contributed by atoms with van der Waals surface area (Å²) in [4.78, 5) is 18.6.